The molecule has 0 aliphatic heterocycles. The second-order valence-electron chi connectivity index (χ2n) is 4.47. The van der Waals surface area contributed by atoms with Gasteiger partial charge in [0, 0.05) is 19.1 Å². The number of hydrogen-bond donors (Lipinski definition) is 2. The van der Waals surface area contributed by atoms with Crippen molar-refractivity contribution in [1.29, 1.82) is 0 Å². The Hall–Kier alpha value is -0.610. The van der Waals surface area contributed by atoms with Crippen LogP contribution in [0.15, 0.2) is 0 Å². The Morgan fingerprint density at radius 3 is 2.94 bits per heavy atom. The van der Waals surface area contributed by atoms with Gasteiger partial charge in [-0.1, -0.05) is 19.8 Å². The predicted octanol–water partition coefficient (Wildman–Crippen LogP) is 1.08. The van der Waals surface area contributed by atoms with E-state index >= 15 is 0 Å². The molecule has 4 nitrogen and oxygen atoms in total. The van der Waals surface area contributed by atoms with Gasteiger partial charge in [-0.2, -0.15) is 0 Å². The van der Waals surface area contributed by atoms with Gasteiger partial charge >= 0.3 is 0 Å². The van der Waals surface area contributed by atoms with Gasteiger partial charge in [0.2, 0.25) is 5.91 Å². The highest BCUT2D eigenvalue weighted by molar-refractivity contribution is 5.77. The van der Waals surface area contributed by atoms with Gasteiger partial charge in [0.05, 0.1) is 6.10 Å². The third-order valence-corrected chi connectivity index (χ3v) is 3.06. The highest BCUT2D eigenvalue weighted by Crippen LogP contribution is 2.24. The van der Waals surface area contributed by atoms with Crippen LogP contribution in [-0.2, 0) is 9.53 Å². The molecular weight excluding hydrogens is 206 g/mol. The van der Waals surface area contributed by atoms with E-state index in [4.69, 9.17) is 4.74 Å². The number of aliphatic hydroxyl groups excluding tert-OH is 1. The number of nitrogens with one attached hydrogen (secondary N) is 1. The van der Waals surface area contributed by atoms with Gasteiger partial charge in [-0.25, -0.2) is 0 Å². The van der Waals surface area contributed by atoms with E-state index in [9.17, 15) is 9.90 Å². The number of hydrogen-bond acceptors (Lipinski definition) is 3. The second kappa shape index (κ2) is 7.63. The van der Waals surface area contributed by atoms with Crippen LogP contribution in [0, 0.1) is 5.92 Å². The molecule has 4 heteroatoms. The molecule has 0 spiro atoms. The van der Waals surface area contributed by atoms with E-state index in [1.54, 1.807) is 0 Å². The van der Waals surface area contributed by atoms with Crippen molar-refractivity contribution >= 4 is 5.91 Å². The molecular formula is C12H23NO3. The lowest BCUT2D eigenvalue weighted by Gasteiger charge is -2.14. The maximum Gasteiger partial charge on any atom is 0.246 e. The highest BCUT2D eigenvalue weighted by atomic mass is 16.5. The standard InChI is InChI=1S/C12H23NO3/c1-2-3-7-16-9-12(15)13-8-10-5-4-6-11(10)14/h10-11,14H,2-9H2,1H3,(H,13,15). The number of rotatable bonds is 7. The zero-order valence-corrected chi connectivity index (χ0v) is 10.1. The average molecular weight is 229 g/mol. The minimum absolute atomic E-state index is 0.0739. The van der Waals surface area contributed by atoms with Gasteiger partial charge in [-0.15, -0.1) is 0 Å². The van der Waals surface area contributed by atoms with Crippen molar-refractivity contribution in [1.82, 2.24) is 5.32 Å². The summed E-state index contributed by atoms with van der Waals surface area (Å²) in [7, 11) is 0. The van der Waals surface area contributed by atoms with E-state index in [-0.39, 0.29) is 24.5 Å². The van der Waals surface area contributed by atoms with E-state index in [2.05, 4.69) is 12.2 Å². The normalized spacial score (nSPS) is 24.6. The number of unbranched alkanes of at least 4 members (excludes halogenated alkanes) is 1. The number of amides is 1. The Morgan fingerprint density at radius 2 is 2.31 bits per heavy atom. The highest BCUT2D eigenvalue weighted by Gasteiger charge is 2.25. The molecule has 0 aromatic heterocycles. The molecule has 1 aliphatic carbocycles. The fourth-order valence-electron chi connectivity index (χ4n) is 1.96. The summed E-state index contributed by atoms with van der Waals surface area (Å²) < 4.78 is 5.20. The number of carbonyl (C=O) groups is 1. The molecule has 94 valence electrons. The van der Waals surface area contributed by atoms with Crippen LogP contribution in [0.25, 0.3) is 0 Å². The summed E-state index contributed by atoms with van der Waals surface area (Å²) in [6.07, 6.45) is 4.78. The van der Waals surface area contributed by atoms with Crippen LogP contribution in [0.4, 0.5) is 0 Å². The molecule has 1 rings (SSSR count). The van der Waals surface area contributed by atoms with Gasteiger partial charge in [0.1, 0.15) is 6.61 Å². The maximum atomic E-state index is 11.4. The van der Waals surface area contributed by atoms with Crippen LogP contribution in [0.5, 0.6) is 0 Å². The zero-order valence-electron chi connectivity index (χ0n) is 10.1. The molecule has 1 aliphatic rings. The predicted molar refractivity (Wildman–Crippen MR) is 62.1 cm³/mol. The molecule has 1 saturated carbocycles. The molecule has 0 aromatic carbocycles. The van der Waals surface area contributed by atoms with Crippen LogP contribution in [0.3, 0.4) is 0 Å². The van der Waals surface area contributed by atoms with E-state index in [0.29, 0.717) is 13.2 Å². The second-order valence-corrected chi connectivity index (χ2v) is 4.47. The molecule has 2 unspecified atom stereocenters. The smallest absolute Gasteiger partial charge is 0.246 e. The van der Waals surface area contributed by atoms with Crippen molar-refractivity contribution in [3.8, 4) is 0 Å². The third kappa shape index (κ3) is 4.94. The number of carbonyl (C=O) groups excluding carboxylic acids is 1. The first-order valence-electron chi connectivity index (χ1n) is 6.26. The maximum absolute atomic E-state index is 11.4. The zero-order chi connectivity index (χ0) is 11.8. The Kier molecular flexibility index (Phi) is 6.42. The summed E-state index contributed by atoms with van der Waals surface area (Å²) in [5.74, 6) is 0.162. The molecule has 0 radical (unpaired) electrons. The Balaban J connectivity index is 2.01. The molecule has 2 N–H and O–H groups in total. The summed E-state index contributed by atoms with van der Waals surface area (Å²) >= 11 is 0. The lowest BCUT2D eigenvalue weighted by molar-refractivity contribution is -0.126. The van der Waals surface area contributed by atoms with E-state index in [1.165, 1.54) is 0 Å². The van der Waals surface area contributed by atoms with Crippen molar-refractivity contribution in [3.05, 3.63) is 0 Å². The van der Waals surface area contributed by atoms with E-state index in [1.807, 2.05) is 0 Å². The minimum Gasteiger partial charge on any atom is -0.393 e. The first kappa shape index (κ1) is 13.5. The van der Waals surface area contributed by atoms with Gasteiger partial charge in [0.15, 0.2) is 0 Å². The summed E-state index contributed by atoms with van der Waals surface area (Å²) in [5.41, 5.74) is 0. The van der Waals surface area contributed by atoms with E-state index < -0.39 is 0 Å². The summed E-state index contributed by atoms with van der Waals surface area (Å²) in [4.78, 5) is 11.4. The van der Waals surface area contributed by atoms with Gasteiger partial charge in [-0.05, 0) is 19.3 Å². The third-order valence-electron chi connectivity index (χ3n) is 3.06. The molecule has 0 heterocycles. The summed E-state index contributed by atoms with van der Waals surface area (Å²) in [6, 6.07) is 0. The van der Waals surface area contributed by atoms with Crippen molar-refractivity contribution in [2.75, 3.05) is 19.8 Å². The van der Waals surface area contributed by atoms with Gasteiger partial charge < -0.3 is 15.2 Å². The Bertz CT molecular complexity index is 208. The molecule has 2 atom stereocenters. The van der Waals surface area contributed by atoms with Gasteiger partial charge in [-0.3, -0.25) is 4.79 Å². The van der Waals surface area contributed by atoms with Crippen LogP contribution in [0.1, 0.15) is 39.0 Å². The molecule has 1 amide bonds. The summed E-state index contributed by atoms with van der Waals surface area (Å²) in [5, 5.41) is 12.4. The molecule has 1 fully saturated rings. The van der Waals surface area contributed by atoms with Crippen molar-refractivity contribution < 1.29 is 14.6 Å². The lowest BCUT2D eigenvalue weighted by atomic mass is 10.1. The fourth-order valence-corrected chi connectivity index (χ4v) is 1.96. The Morgan fingerprint density at radius 1 is 1.50 bits per heavy atom. The van der Waals surface area contributed by atoms with E-state index in [0.717, 1.165) is 32.1 Å². The van der Waals surface area contributed by atoms with Crippen molar-refractivity contribution in [2.24, 2.45) is 5.92 Å². The Labute approximate surface area is 97.4 Å². The van der Waals surface area contributed by atoms with Crippen LogP contribution < -0.4 is 5.32 Å². The molecule has 0 aromatic rings. The minimum atomic E-state index is -0.235. The SMILES string of the molecule is CCCCOCC(=O)NCC1CCCC1O. The molecule has 0 saturated heterocycles. The molecule has 0 bridgehead atoms. The number of ether oxygens (including phenoxy) is 1. The monoisotopic (exact) mass is 229 g/mol. The fraction of sp³-hybridized carbons (Fsp3) is 0.917. The molecule has 16 heavy (non-hydrogen) atoms. The van der Waals surface area contributed by atoms with Crippen LogP contribution in [0.2, 0.25) is 0 Å². The van der Waals surface area contributed by atoms with Crippen LogP contribution >= 0.6 is 0 Å². The largest absolute Gasteiger partial charge is 0.393 e. The summed E-state index contributed by atoms with van der Waals surface area (Å²) in [6.45, 7) is 3.46. The first-order chi connectivity index (χ1) is 7.74. The average Bonchev–Trinajstić information content (AvgIpc) is 2.67. The first-order valence-corrected chi connectivity index (χ1v) is 6.26. The number of aliphatic hydroxyl groups is 1. The van der Waals surface area contributed by atoms with Gasteiger partial charge in [0.25, 0.3) is 0 Å². The quantitative estimate of drug-likeness (QED) is 0.642. The lowest BCUT2D eigenvalue weighted by Crippen LogP contribution is -2.34. The van der Waals surface area contributed by atoms with Crippen LogP contribution in [-0.4, -0.2) is 36.9 Å². The van der Waals surface area contributed by atoms with Crippen molar-refractivity contribution in [3.63, 3.8) is 0 Å². The topological polar surface area (TPSA) is 58.6 Å². The van der Waals surface area contributed by atoms with Crippen molar-refractivity contribution in [2.45, 2.75) is 45.1 Å².